The minimum atomic E-state index is -1.34. The normalized spacial score (nSPS) is 45.8. The van der Waals surface area contributed by atoms with Crippen LogP contribution in [0.2, 0.25) is 0 Å². The van der Waals surface area contributed by atoms with Gasteiger partial charge in [0.1, 0.15) is 11.7 Å². The van der Waals surface area contributed by atoms with Crippen molar-refractivity contribution in [2.75, 3.05) is 0 Å². The average molecular weight is 461 g/mol. The van der Waals surface area contributed by atoms with E-state index in [0.29, 0.717) is 29.6 Å². The monoisotopic (exact) mass is 460 g/mol. The Balaban J connectivity index is 1.52. The van der Waals surface area contributed by atoms with Crippen LogP contribution in [0.4, 0.5) is 0 Å². The number of ketones is 1. The molecular formula is C29H48O4. The molecule has 0 heterocycles. The number of hydrogen-bond donors (Lipinski definition) is 1. The number of carbonyl (C=O) groups is 2. The third-order valence-corrected chi connectivity index (χ3v) is 11.1. The largest absolute Gasteiger partial charge is 0.462 e. The second kappa shape index (κ2) is 8.95. The minimum absolute atomic E-state index is 0.0146. The molecule has 0 aliphatic heterocycles. The topological polar surface area (TPSA) is 63.6 Å². The molecule has 4 fully saturated rings. The van der Waals surface area contributed by atoms with Crippen LogP contribution < -0.4 is 0 Å². The van der Waals surface area contributed by atoms with Crippen molar-refractivity contribution >= 4 is 11.8 Å². The SMILES string of the molecule is CC(=O)O[C@@H]1CC[C@]2(C)[C@H]3CC[C@]4(C)[C@@H]([C@H](C)CCCC(C)C)CC[C@H]4[C@@H]3CC(=O)[C@@]2(O)C1. The lowest BCUT2D eigenvalue weighted by Gasteiger charge is -2.63. The van der Waals surface area contributed by atoms with E-state index < -0.39 is 11.0 Å². The first kappa shape index (κ1) is 25.2. The molecule has 0 radical (unpaired) electrons. The standard InChI is InChI=1S/C29H48O4/c1-18(2)8-7-9-19(3)23-10-11-24-22-16-26(31)29(32)17-21(33-20(4)30)12-15-28(29,6)25(22)13-14-27(23,24)5/h18-19,21-25,32H,7-17H2,1-6H3/t19-,21-,22+,23-,24+,25+,27-,28-,29+/m1/s1. The van der Waals surface area contributed by atoms with Gasteiger partial charge in [0.05, 0.1) is 0 Å². The first-order chi connectivity index (χ1) is 15.4. The third-order valence-electron chi connectivity index (χ3n) is 11.1. The van der Waals surface area contributed by atoms with Crippen LogP contribution in [0.25, 0.3) is 0 Å². The van der Waals surface area contributed by atoms with E-state index in [2.05, 4.69) is 34.6 Å². The molecule has 0 aromatic carbocycles. The Bertz CT molecular complexity index is 761. The van der Waals surface area contributed by atoms with E-state index in [0.717, 1.165) is 37.0 Å². The van der Waals surface area contributed by atoms with Crippen LogP contribution in [-0.4, -0.2) is 28.6 Å². The maximum Gasteiger partial charge on any atom is 0.302 e. The number of Topliss-reactive ketones (excluding diaryl/α,β-unsaturated/α-hetero) is 1. The zero-order valence-corrected chi connectivity index (χ0v) is 22.0. The molecule has 0 saturated heterocycles. The second-order valence-corrected chi connectivity index (χ2v) is 13.3. The Morgan fingerprint density at radius 3 is 2.45 bits per heavy atom. The van der Waals surface area contributed by atoms with Gasteiger partial charge < -0.3 is 9.84 Å². The van der Waals surface area contributed by atoms with E-state index in [1.807, 2.05) is 0 Å². The van der Waals surface area contributed by atoms with Gasteiger partial charge in [0, 0.05) is 25.2 Å². The smallest absolute Gasteiger partial charge is 0.302 e. The Labute approximate surface area is 201 Å². The van der Waals surface area contributed by atoms with Crippen molar-refractivity contribution in [3.63, 3.8) is 0 Å². The molecule has 4 rings (SSSR count). The number of hydrogen-bond acceptors (Lipinski definition) is 4. The Morgan fingerprint density at radius 2 is 1.79 bits per heavy atom. The Kier molecular flexibility index (Phi) is 6.84. The molecule has 0 aromatic rings. The van der Waals surface area contributed by atoms with E-state index in [9.17, 15) is 14.7 Å². The van der Waals surface area contributed by atoms with Crippen molar-refractivity contribution in [3.8, 4) is 0 Å². The zero-order valence-electron chi connectivity index (χ0n) is 22.0. The summed E-state index contributed by atoms with van der Waals surface area (Å²) in [6.07, 6.45) is 10.9. The van der Waals surface area contributed by atoms with Crippen LogP contribution in [0.3, 0.4) is 0 Å². The Morgan fingerprint density at radius 1 is 1.06 bits per heavy atom. The quantitative estimate of drug-likeness (QED) is 0.470. The molecule has 0 aromatic heterocycles. The van der Waals surface area contributed by atoms with Crippen LogP contribution in [0, 0.1) is 46.3 Å². The number of fused-ring (bicyclic) bond motifs is 5. The molecule has 4 aliphatic carbocycles. The van der Waals surface area contributed by atoms with Gasteiger partial charge in [-0.25, -0.2) is 0 Å². The highest BCUT2D eigenvalue weighted by Gasteiger charge is 2.68. The summed E-state index contributed by atoms with van der Waals surface area (Å²) < 4.78 is 5.46. The minimum Gasteiger partial charge on any atom is -0.462 e. The third kappa shape index (κ3) is 4.10. The fourth-order valence-corrected chi connectivity index (χ4v) is 9.36. The van der Waals surface area contributed by atoms with E-state index >= 15 is 0 Å². The molecule has 0 unspecified atom stereocenters. The highest BCUT2D eigenvalue weighted by Crippen LogP contribution is 2.68. The maximum absolute atomic E-state index is 13.6. The lowest BCUT2D eigenvalue weighted by atomic mass is 9.42. The summed E-state index contributed by atoms with van der Waals surface area (Å²) in [6.45, 7) is 13.2. The predicted molar refractivity (Wildman–Crippen MR) is 130 cm³/mol. The van der Waals surface area contributed by atoms with Crippen LogP contribution in [0.5, 0.6) is 0 Å². The van der Waals surface area contributed by atoms with E-state index in [1.165, 1.54) is 45.4 Å². The molecule has 0 spiro atoms. The van der Waals surface area contributed by atoms with Crippen molar-refractivity contribution < 1.29 is 19.4 Å². The van der Waals surface area contributed by atoms with Gasteiger partial charge in [-0.3, -0.25) is 9.59 Å². The lowest BCUT2D eigenvalue weighted by molar-refractivity contribution is -0.217. The molecular weight excluding hydrogens is 412 g/mol. The predicted octanol–water partition coefficient (Wildman–Crippen LogP) is 6.33. The average Bonchev–Trinajstić information content (AvgIpc) is 3.07. The number of esters is 1. The summed E-state index contributed by atoms with van der Waals surface area (Å²) in [7, 11) is 0. The highest BCUT2D eigenvalue weighted by atomic mass is 16.5. The van der Waals surface area contributed by atoms with Crippen molar-refractivity contribution in [2.24, 2.45) is 46.3 Å². The van der Waals surface area contributed by atoms with Crippen LogP contribution in [0.1, 0.15) is 112 Å². The summed E-state index contributed by atoms with van der Waals surface area (Å²) >= 11 is 0. The van der Waals surface area contributed by atoms with Crippen molar-refractivity contribution in [1.29, 1.82) is 0 Å². The first-order valence-electron chi connectivity index (χ1n) is 13.8. The van der Waals surface area contributed by atoms with Gasteiger partial charge in [-0.05, 0) is 79.4 Å². The molecule has 188 valence electrons. The molecule has 0 bridgehead atoms. The van der Waals surface area contributed by atoms with Gasteiger partial charge in [0.25, 0.3) is 0 Å². The fraction of sp³-hybridized carbons (Fsp3) is 0.931. The van der Waals surface area contributed by atoms with Gasteiger partial charge in [-0.15, -0.1) is 0 Å². The van der Waals surface area contributed by atoms with Crippen molar-refractivity contribution in [3.05, 3.63) is 0 Å². The summed E-state index contributed by atoms with van der Waals surface area (Å²) in [4.78, 5) is 25.1. The maximum atomic E-state index is 13.6. The van der Waals surface area contributed by atoms with Crippen LogP contribution in [-0.2, 0) is 14.3 Å². The summed E-state index contributed by atoms with van der Waals surface area (Å²) in [6, 6.07) is 0. The molecule has 4 saturated carbocycles. The Hall–Kier alpha value is -0.900. The summed E-state index contributed by atoms with van der Waals surface area (Å²) in [5.41, 5.74) is -1.41. The first-order valence-corrected chi connectivity index (χ1v) is 13.8. The second-order valence-electron chi connectivity index (χ2n) is 13.3. The van der Waals surface area contributed by atoms with Gasteiger partial charge in [0.15, 0.2) is 5.78 Å². The summed E-state index contributed by atoms with van der Waals surface area (Å²) in [5.74, 6) is 3.39. The molecule has 4 aliphatic rings. The highest BCUT2D eigenvalue weighted by molar-refractivity contribution is 5.89. The van der Waals surface area contributed by atoms with Gasteiger partial charge >= 0.3 is 5.97 Å². The molecule has 33 heavy (non-hydrogen) atoms. The van der Waals surface area contributed by atoms with E-state index in [-0.39, 0.29) is 24.3 Å². The van der Waals surface area contributed by atoms with Crippen molar-refractivity contribution in [1.82, 2.24) is 0 Å². The molecule has 4 heteroatoms. The number of ether oxygens (including phenoxy) is 1. The summed E-state index contributed by atoms with van der Waals surface area (Å²) in [5, 5.41) is 11.8. The van der Waals surface area contributed by atoms with E-state index in [1.54, 1.807) is 0 Å². The molecule has 1 N–H and O–H groups in total. The van der Waals surface area contributed by atoms with Gasteiger partial charge in [-0.2, -0.15) is 0 Å². The molecule has 9 atom stereocenters. The van der Waals surface area contributed by atoms with Crippen LogP contribution in [0.15, 0.2) is 0 Å². The number of aliphatic hydroxyl groups is 1. The molecule has 0 amide bonds. The van der Waals surface area contributed by atoms with Crippen molar-refractivity contribution in [2.45, 2.75) is 124 Å². The fourth-order valence-electron chi connectivity index (χ4n) is 9.36. The molecule has 4 nitrogen and oxygen atoms in total. The number of carbonyl (C=O) groups excluding carboxylic acids is 2. The van der Waals surface area contributed by atoms with E-state index in [4.69, 9.17) is 4.74 Å². The van der Waals surface area contributed by atoms with Gasteiger partial charge in [0.2, 0.25) is 0 Å². The lowest BCUT2D eigenvalue weighted by Crippen LogP contribution is -2.67. The van der Waals surface area contributed by atoms with Gasteiger partial charge in [-0.1, -0.05) is 53.9 Å². The number of rotatable bonds is 6. The zero-order chi connectivity index (χ0) is 24.2. The van der Waals surface area contributed by atoms with Crippen LogP contribution >= 0.6 is 0 Å².